The van der Waals surface area contributed by atoms with Crippen LogP contribution in [-0.4, -0.2) is 74.9 Å². The fourth-order valence-corrected chi connectivity index (χ4v) is 11.3. The Morgan fingerprint density at radius 1 is 0.333 bits per heavy atom. The van der Waals surface area contributed by atoms with Crippen molar-refractivity contribution < 1.29 is 42.1 Å². The molecule has 0 aliphatic heterocycles. The largest absolute Gasteiger partial charge is 0.472 e. The smallest absolute Gasteiger partial charge is 0.462 e. The van der Waals surface area contributed by atoms with E-state index in [1.54, 1.807) is 0 Å². The zero-order valence-corrected chi connectivity index (χ0v) is 63.5. The van der Waals surface area contributed by atoms with Crippen LogP contribution in [-0.2, 0) is 32.7 Å². The summed E-state index contributed by atoms with van der Waals surface area (Å²) < 4.78 is 34.7. The van der Waals surface area contributed by atoms with Gasteiger partial charge in [0.05, 0.1) is 27.7 Å². The van der Waals surface area contributed by atoms with Crippen LogP contribution in [0, 0.1) is 0 Å². The van der Waals surface area contributed by atoms with Crippen LogP contribution in [0.1, 0.15) is 322 Å². The molecule has 0 bridgehead atoms. The zero-order chi connectivity index (χ0) is 69.7. The molecule has 0 saturated heterocycles. The second-order valence-electron chi connectivity index (χ2n) is 27.0. The first-order valence-corrected chi connectivity index (χ1v) is 40.7. The van der Waals surface area contributed by atoms with E-state index in [9.17, 15) is 19.0 Å². The highest BCUT2D eigenvalue weighted by Crippen LogP contribution is 2.43. The van der Waals surface area contributed by atoms with Crippen LogP contribution in [0.2, 0.25) is 0 Å². The Bertz CT molecular complexity index is 2180. The molecule has 96 heavy (non-hydrogen) atoms. The van der Waals surface area contributed by atoms with Crippen molar-refractivity contribution in [2.75, 3.05) is 47.5 Å². The average Bonchev–Trinajstić information content (AvgIpc) is 2.54. The normalized spacial score (nSPS) is 13.9. The number of likely N-dealkylation sites (N-methyl/N-ethyl adjacent to an activating group) is 1. The van der Waals surface area contributed by atoms with Gasteiger partial charge in [-0.3, -0.25) is 18.6 Å². The minimum atomic E-state index is -4.41. The molecule has 1 N–H and O–H groups in total. The second-order valence-corrected chi connectivity index (χ2v) is 28.5. The summed E-state index contributed by atoms with van der Waals surface area (Å²) in [4.78, 5) is 35.9. The second kappa shape index (κ2) is 74.8. The Hall–Kier alpha value is -4.37. The Morgan fingerprint density at radius 2 is 0.594 bits per heavy atom. The molecule has 0 aliphatic carbocycles. The van der Waals surface area contributed by atoms with Gasteiger partial charge in [-0.15, -0.1) is 0 Å². The number of nitrogens with zero attached hydrogens (tertiary/aromatic N) is 1. The summed E-state index contributed by atoms with van der Waals surface area (Å²) >= 11 is 0. The number of hydrogen-bond acceptors (Lipinski definition) is 7. The molecule has 0 saturated carbocycles. The monoisotopic (exact) mass is 1350 g/mol. The number of phosphoric ester groups is 1. The van der Waals surface area contributed by atoms with E-state index >= 15 is 0 Å². The van der Waals surface area contributed by atoms with Crippen molar-refractivity contribution in [1.82, 2.24) is 0 Å². The molecule has 0 heterocycles. The minimum absolute atomic E-state index is 0.0198. The van der Waals surface area contributed by atoms with Gasteiger partial charge in [0, 0.05) is 12.8 Å². The SMILES string of the molecule is CC/C=C\C/C=C\C/C=C\C/C=C\C/C=C\C/C=C\C/C=C\C/C=C\C/C=C\C/C=C\C/C=C\C/C=C\CCCCCCC(=O)OC(COC(=O)CCCCCCCCCCCCCCCCCCCCC/C=C\CCCCCCCCCC)COP(=O)(O)OCC[N+](C)(C)C. The number of rotatable bonds is 71. The van der Waals surface area contributed by atoms with Crippen molar-refractivity contribution in [1.29, 1.82) is 0 Å². The number of hydrogen-bond donors (Lipinski definition) is 1. The van der Waals surface area contributed by atoms with Gasteiger partial charge in [-0.1, -0.05) is 339 Å². The van der Waals surface area contributed by atoms with Crippen molar-refractivity contribution in [3.8, 4) is 0 Å². The maximum atomic E-state index is 12.9. The summed E-state index contributed by atoms with van der Waals surface area (Å²) in [5, 5.41) is 0. The molecule has 0 spiro atoms. The van der Waals surface area contributed by atoms with Gasteiger partial charge in [-0.05, 0) is 128 Å². The summed E-state index contributed by atoms with van der Waals surface area (Å²) in [7, 11) is 1.45. The summed E-state index contributed by atoms with van der Waals surface area (Å²) in [5.41, 5.74) is 0. The van der Waals surface area contributed by atoms with E-state index in [1.807, 2.05) is 21.1 Å². The van der Waals surface area contributed by atoms with Crippen molar-refractivity contribution >= 4 is 19.8 Å². The molecular formula is C86H147NO8P+. The van der Waals surface area contributed by atoms with E-state index < -0.39 is 26.5 Å². The highest BCUT2D eigenvalue weighted by atomic mass is 31.2. The molecule has 0 aromatic rings. The van der Waals surface area contributed by atoms with Gasteiger partial charge in [0.25, 0.3) is 0 Å². The lowest BCUT2D eigenvalue weighted by Crippen LogP contribution is -2.37. The van der Waals surface area contributed by atoms with E-state index in [-0.39, 0.29) is 32.0 Å². The summed E-state index contributed by atoms with van der Waals surface area (Å²) in [6.07, 6.45) is 112. The first-order chi connectivity index (χ1) is 47.0. The van der Waals surface area contributed by atoms with Crippen molar-refractivity contribution in [3.63, 3.8) is 0 Å². The molecule has 10 heteroatoms. The van der Waals surface area contributed by atoms with Crippen molar-refractivity contribution in [3.05, 3.63) is 158 Å². The standard InChI is InChI=1S/C86H146NO8P/c1-6-8-10-12-14-16-18-20-22-24-26-28-30-32-34-36-38-39-40-41-42-43-44-45-46-47-49-51-53-55-57-59-61-63-65-67-69-71-73-75-77-79-86(89)95-84(83-94-96(90,91)93-81-80-87(3,4)5)82-92-85(88)78-76-74-72-70-68-66-64-62-60-58-56-54-52-50-48-37-35-33-31-29-27-25-23-21-19-17-15-13-11-9-7-2/h8,10,14,16,20,22,25-28,32,34,38-39,41-42,44-45,47,49,53,55,59,61,65,67,84H,6-7,9,11-13,15,17-19,21,23-24,29-31,33,35-37,40,43,46,48,50-52,54,56-58,60,62-64,66,68-83H2,1-5H3/p+1/b10-8-,16-14-,22-20-,27-25-,28-26-,34-32-,39-38-,42-41-,45-44-,49-47-,55-53-,61-59-,67-65-. The lowest BCUT2D eigenvalue weighted by atomic mass is 10.0. The quantitative estimate of drug-likeness (QED) is 0.0211. The number of esters is 2. The van der Waals surface area contributed by atoms with Gasteiger partial charge in [0.1, 0.15) is 19.8 Å². The maximum Gasteiger partial charge on any atom is 0.472 e. The van der Waals surface area contributed by atoms with Gasteiger partial charge in [-0.2, -0.15) is 0 Å². The molecule has 0 aromatic carbocycles. The molecule has 0 rings (SSSR count). The van der Waals surface area contributed by atoms with Crippen LogP contribution in [0.25, 0.3) is 0 Å². The van der Waals surface area contributed by atoms with Crippen LogP contribution in [0.15, 0.2) is 158 Å². The zero-order valence-electron chi connectivity index (χ0n) is 62.6. The van der Waals surface area contributed by atoms with E-state index in [4.69, 9.17) is 18.5 Å². The third kappa shape index (κ3) is 78.6. The fourth-order valence-electron chi connectivity index (χ4n) is 10.6. The van der Waals surface area contributed by atoms with Crippen molar-refractivity contribution in [2.45, 2.75) is 328 Å². The van der Waals surface area contributed by atoms with Gasteiger partial charge < -0.3 is 18.9 Å². The number of ether oxygens (including phenoxy) is 2. The fraction of sp³-hybridized carbons (Fsp3) is 0.674. The summed E-state index contributed by atoms with van der Waals surface area (Å²) in [6.45, 7) is 4.31. The predicted octanol–water partition coefficient (Wildman–Crippen LogP) is 26.3. The van der Waals surface area contributed by atoms with Crippen LogP contribution in [0.5, 0.6) is 0 Å². The van der Waals surface area contributed by atoms with Crippen LogP contribution < -0.4 is 0 Å². The number of quaternary nitrogens is 1. The van der Waals surface area contributed by atoms with E-state index in [2.05, 4.69) is 172 Å². The third-order valence-corrected chi connectivity index (χ3v) is 17.5. The van der Waals surface area contributed by atoms with Crippen LogP contribution in [0.3, 0.4) is 0 Å². The van der Waals surface area contributed by atoms with E-state index in [1.165, 1.54) is 167 Å². The van der Waals surface area contributed by atoms with Crippen LogP contribution >= 0.6 is 7.82 Å². The van der Waals surface area contributed by atoms with E-state index in [0.717, 1.165) is 122 Å². The van der Waals surface area contributed by atoms with Gasteiger partial charge in [0.15, 0.2) is 6.10 Å². The molecule has 9 nitrogen and oxygen atoms in total. The maximum absolute atomic E-state index is 12.9. The van der Waals surface area contributed by atoms with Crippen LogP contribution in [0.4, 0.5) is 0 Å². The highest BCUT2D eigenvalue weighted by molar-refractivity contribution is 7.47. The Kier molecular flexibility index (Phi) is 71.4. The topological polar surface area (TPSA) is 108 Å². The van der Waals surface area contributed by atoms with Crippen molar-refractivity contribution in [2.24, 2.45) is 0 Å². The number of carbonyl (C=O) groups excluding carboxylic acids is 2. The lowest BCUT2D eigenvalue weighted by molar-refractivity contribution is -0.870. The van der Waals surface area contributed by atoms with Gasteiger partial charge in [-0.25, -0.2) is 4.57 Å². The number of phosphoric acid groups is 1. The molecule has 0 aromatic heterocycles. The molecule has 0 radical (unpaired) electrons. The lowest BCUT2D eigenvalue weighted by Gasteiger charge is -2.24. The molecule has 548 valence electrons. The van der Waals surface area contributed by atoms with Gasteiger partial charge in [0.2, 0.25) is 0 Å². The Labute approximate surface area is 592 Å². The number of carbonyl (C=O) groups is 2. The molecule has 0 aliphatic rings. The Balaban J connectivity index is 4.11. The minimum Gasteiger partial charge on any atom is -0.462 e. The number of allylic oxidation sites excluding steroid dienone is 26. The highest BCUT2D eigenvalue weighted by Gasteiger charge is 2.27. The first-order valence-electron chi connectivity index (χ1n) is 39.2. The molecule has 0 fully saturated rings. The van der Waals surface area contributed by atoms with E-state index in [0.29, 0.717) is 17.4 Å². The molecule has 2 unspecified atom stereocenters. The average molecular weight is 1350 g/mol. The Morgan fingerprint density at radius 3 is 0.896 bits per heavy atom. The first kappa shape index (κ1) is 91.6. The number of unbranched alkanes of at least 4 members (excludes halogenated alkanes) is 31. The summed E-state index contributed by atoms with van der Waals surface area (Å²) in [6, 6.07) is 0. The predicted molar refractivity (Wildman–Crippen MR) is 417 cm³/mol. The molecule has 0 amide bonds. The van der Waals surface area contributed by atoms with Gasteiger partial charge >= 0.3 is 19.8 Å². The summed E-state index contributed by atoms with van der Waals surface area (Å²) in [5.74, 6) is -0.826. The molecular weight excluding hydrogens is 1210 g/mol. The molecule has 2 atom stereocenters. The third-order valence-electron chi connectivity index (χ3n) is 16.5.